The Balaban J connectivity index is 0.000001000. The molecule has 2 heteroatoms. The van der Waals surface area contributed by atoms with Gasteiger partial charge in [0.05, 0.1) is 0 Å². The summed E-state index contributed by atoms with van der Waals surface area (Å²) in [5.74, 6) is 1.00. The molecule has 0 radical (unpaired) electrons. The van der Waals surface area contributed by atoms with Crippen molar-refractivity contribution in [2.45, 2.75) is 32.1 Å². The smallest absolute Gasteiger partial charge is 0.000356 e. The van der Waals surface area contributed by atoms with E-state index in [0.717, 1.165) is 5.92 Å². The van der Waals surface area contributed by atoms with Crippen LogP contribution in [0.5, 0.6) is 0 Å². The summed E-state index contributed by atoms with van der Waals surface area (Å²) in [5, 5.41) is 0. The average Bonchev–Trinajstić information content (AvgIpc) is 1.88. The van der Waals surface area contributed by atoms with Crippen molar-refractivity contribution in [3.8, 4) is 0 Å². The molecule has 0 aromatic rings. The van der Waals surface area contributed by atoms with Crippen LogP contribution < -0.4 is 0 Å². The first kappa shape index (κ1) is 11.2. The molecule has 1 aliphatic rings. The zero-order valence-electron chi connectivity index (χ0n) is 7.68. The molecule has 0 spiro atoms. The summed E-state index contributed by atoms with van der Waals surface area (Å²) in [6.07, 6.45) is 7.36. The van der Waals surface area contributed by atoms with Crippen LogP contribution in [0, 0.1) is 5.92 Å². The zero-order valence-corrected chi connectivity index (χ0v) is 8.49. The van der Waals surface area contributed by atoms with Crippen LogP contribution in [0.2, 0.25) is 0 Å². The van der Waals surface area contributed by atoms with E-state index in [4.69, 9.17) is 0 Å². The highest BCUT2D eigenvalue weighted by Crippen LogP contribution is 2.23. The van der Waals surface area contributed by atoms with Gasteiger partial charge in [0.25, 0.3) is 0 Å². The van der Waals surface area contributed by atoms with Gasteiger partial charge in [-0.25, -0.2) is 0 Å². The Hall–Kier alpha value is 0.250. The molecule has 11 heavy (non-hydrogen) atoms. The Morgan fingerprint density at radius 1 is 1.09 bits per heavy atom. The molecule has 0 bridgehead atoms. The van der Waals surface area contributed by atoms with E-state index in [2.05, 4.69) is 19.0 Å². The molecule has 1 aliphatic carbocycles. The molecule has 0 heterocycles. The summed E-state index contributed by atoms with van der Waals surface area (Å²) >= 11 is 0. The molecule has 1 nitrogen and oxygen atoms in total. The molecule has 0 aliphatic heterocycles. The van der Waals surface area contributed by atoms with Crippen molar-refractivity contribution in [3.05, 3.63) is 0 Å². The second-order valence-electron chi connectivity index (χ2n) is 3.77. The van der Waals surface area contributed by atoms with Crippen molar-refractivity contribution in [1.82, 2.24) is 4.90 Å². The van der Waals surface area contributed by atoms with Gasteiger partial charge in [-0.15, -0.1) is 12.4 Å². The lowest BCUT2D eigenvalue weighted by Crippen LogP contribution is -2.23. The van der Waals surface area contributed by atoms with Crippen LogP contribution in [-0.2, 0) is 0 Å². The van der Waals surface area contributed by atoms with Crippen molar-refractivity contribution in [3.63, 3.8) is 0 Å². The van der Waals surface area contributed by atoms with Crippen LogP contribution in [-0.4, -0.2) is 25.5 Å². The number of hydrogen-bond donors (Lipinski definition) is 0. The maximum absolute atomic E-state index is 2.32. The molecule has 0 saturated heterocycles. The van der Waals surface area contributed by atoms with Gasteiger partial charge in [-0.05, 0) is 32.9 Å². The van der Waals surface area contributed by atoms with Gasteiger partial charge in [0.2, 0.25) is 0 Å². The van der Waals surface area contributed by atoms with Crippen LogP contribution in [0.25, 0.3) is 0 Å². The fraction of sp³-hybridized carbons (Fsp3) is 1.00. The molecular weight excluding hydrogens is 158 g/mol. The standard InChI is InChI=1S/C9H19N.ClH/c1-10(2)8-9-6-4-3-5-7-9;/h9H,3-8H2,1-2H3;1H. The molecule has 0 amide bonds. The highest BCUT2D eigenvalue weighted by atomic mass is 35.5. The van der Waals surface area contributed by atoms with Crippen LogP contribution in [0.1, 0.15) is 32.1 Å². The average molecular weight is 178 g/mol. The van der Waals surface area contributed by atoms with Gasteiger partial charge in [0, 0.05) is 6.54 Å². The predicted octanol–water partition coefficient (Wildman–Crippen LogP) is 2.55. The van der Waals surface area contributed by atoms with Gasteiger partial charge in [-0.1, -0.05) is 19.3 Å². The topological polar surface area (TPSA) is 3.24 Å². The number of rotatable bonds is 2. The van der Waals surface area contributed by atoms with E-state index >= 15 is 0 Å². The Morgan fingerprint density at radius 2 is 1.64 bits per heavy atom. The summed E-state index contributed by atoms with van der Waals surface area (Å²) < 4.78 is 0. The Labute approximate surface area is 76.6 Å². The van der Waals surface area contributed by atoms with E-state index in [9.17, 15) is 0 Å². The number of nitrogens with zero attached hydrogens (tertiary/aromatic N) is 1. The molecule has 1 saturated carbocycles. The Bertz CT molecular complexity index is 87.6. The van der Waals surface area contributed by atoms with Crippen LogP contribution in [0.4, 0.5) is 0 Å². The van der Waals surface area contributed by atoms with Crippen LogP contribution in [0.15, 0.2) is 0 Å². The first-order valence-electron chi connectivity index (χ1n) is 4.44. The fourth-order valence-corrected chi connectivity index (χ4v) is 1.89. The van der Waals surface area contributed by atoms with Crippen molar-refractivity contribution < 1.29 is 0 Å². The monoisotopic (exact) mass is 177 g/mol. The zero-order chi connectivity index (χ0) is 7.40. The summed E-state index contributed by atoms with van der Waals surface area (Å²) in [7, 11) is 4.35. The highest BCUT2D eigenvalue weighted by Gasteiger charge is 2.13. The minimum absolute atomic E-state index is 0. The molecule has 1 rings (SSSR count). The van der Waals surface area contributed by atoms with E-state index in [1.807, 2.05) is 0 Å². The van der Waals surface area contributed by atoms with Crippen LogP contribution >= 0.6 is 12.4 Å². The normalized spacial score (nSPS) is 19.9. The lowest BCUT2D eigenvalue weighted by molar-refractivity contribution is 0.264. The minimum atomic E-state index is 0. The van der Waals surface area contributed by atoms with E-state index in [1.54, 1.807) is 0 Å². The summed E-state index contributed by atoms with van der Waals surface area (Å²) in [5.41, 5.74) is 0. The predicted molar refractivity (Wildman–Crippen MR) is 52.4 cm³/mol. The Morgan fingerprint density at radius 3 is 2.09 bits per heavy atom. The first-order valence-corrected chi connectivity index (χ1v) is 4.44. The molecule has 1 fully saturated rings. The van der Waals surface area contributed by atoms with E-state index in [1.165, 1.54) is 38.6 Å². The van der Waals surface area contributed by atoms with Crippen LogP contribution in [0.3, 0.4) is 0 Å². The lowest BCUT2D eigenvalue weighted by atomic mass is 9.89. The molecule has 0 atom stereocenters. The maximum atomic E-state index is 2.32. The van der Waals surface area contributed by atoms with Gasteiger partial charge in [0.15, 0.2) is 0 Å². The molecule has 0 aromatic heterocycles. The van der Waals surface area contributed by atoms with E-state index in [0.29, 0.717) is 0 Å². The van der Waals surface area contributed by atoms with Gasteiger partial charge in [-0.3, -0.25) is 0 Å². The molecule has 68 valence electrons. The third kappa shape index (κ3) is 4.65. The third-order valence-corrected chi connectivity index (χ3v) is 2.35. The van der Waals surface area contributed by atoms with Gasteiger partial charge in [-0.2, -0.15) is 0 Å². The number of halogens is 1. The quantitative estimate of drug-likeness (QED) is 0.627. The minimum Gasteiger partial charge on any atom is -0.309 e. The summed E-state index contributed by atoms with van der Waals surface area (Å²) in [4.78, 5) is 2.32. The van der Waals surface area contributed by atoms with E-state index in [-0.39, 0.29) is 12.4 Å². The van der Waals surface area contributed by atoms with Crippen molar-refractivity contribution in [2.75, 3.05) is 20.6 Å². The van der Waals surface area contributed by atoms with Crippen molar-refractivity contribution in [2.24, 2.45) is 5.92 Å². The van der Waals surface area contributed by atoms with Crippen molar-refractivity contribution in [1.29, 1.82) is 0 Å². The molecule has 0 unspecified atom stereocenters. The Kier molecular flexibility index (Phi) is 5.98. The fourth-order valence-electron chi connectivity index (χ4n) is 1.89. The molecule has 0 N–H and O–H groups in total. The second kappa shape index (κ2) is 5.84. The largest absolute Gasteiger partial charge is 0.309 e. The molecule has 0 aromatic carbocycles. The molecular formula is C9H20ClN. The lowest BCUT2D eigenvalue weighted by Gasteiger charge is -2.24. The number of hydrogen-bond acceptors (Lipinski definition) is 1. The van der Waals surface area contributed by atoms with Crippen molar-refractivity contribution >= 4 is 12.4 Å². The third-order valence-electron chi connectivity index (χ3n) is 2.35. The SMILES string of the molecule is CN(C)CC1CCCCC1.Cl. The van der Waals surface area contributed by atoms with Gasteiger partial charge in [0.1, 0.15) is 0 Å². The van der Waals surface area contributed by atoms with Gasteiger partial charge < -0.3 is 4.90 Å². The second-order valence-corrected chi connectivity index (χ2v) is 3.77. The summed E-state index contributed by atoms with van der Waals surface area (Å²) in [6.45, 7) is 1.31. The first-order chi connectivity index (χ1) is 4.79. The highest BCUT2D eigenvalue weighted by molar-refractivity contribution is 5.85. The van der Waals surface area contributed by atoms with E-state index < -0.39 is 0 Å². The summed E-state index contributed by atoms with van der Waals surface area (Å²) in [6, 6.07) is 0. The maximum Gasteiger partial charge on any atom is 0.000356 e. The van der Waals surface area contributed by atoms with Gasteiger partial charge >= 0.3 is 0 Å².